The number of fused-ring (bicyclic) bond motifs is 1. The second-order valence-electron chi connectivity index (χ2n) is 5.00. The fourth-order valence-electron chi connectivity index (χ4n) is 2.28. The lowest BCUT2D eigenvalue weighted by Crippen LogP contribution is -2.26. The topological polar surface area (TPSA) is 77.2 Å². The third-order valence-corrected chi connectivity index (χ3v) is 4.36. The molecule has 7 heteroatoms. The fraction of sp³-hybridized carbons (Fsp3) is 0. The molecular formula is C17H10N4O2S. The second kappa shape index (κ2) is 5.78. The van der Waals surface area contributed by atoms with Crippen molar-refractivity contribution < 1.29 is 0 Å². The molecule has 0 radical (unpaired) electrons. The molecule has 24 heavy (non-hydrogen) atoms. The minimum Gasteiger partial charge on any atom is -0.266 e. The van der Waals surface area contributed by atoms with E-state index in [4.69, 9.17) is 0 Å². The highest BCUT2D eigenvalue weighted by atomic mass is 32.1. The summed E-state index contributed by atoms with van der Waals surface area (Å²) in [6.07, 6.45) is 3.31. The molecule has 0 saturated heterocycles. The molecule has 6 nitrogen and oxygen atoms in total. The van der Waals surface area contributed by atoms with Crippen molar-refractivity contribution in [3.63, 3.8) is 0 Å². The number of benzene rings is 1. The Morgan fingerprint density at radius 2 is 1.79 bits per heavy atom. The Morgan fingerprint density at radius 1 is 1.00 bits per heavy atom. The molecule has 0 spiro atoms. The Hall–Kier alpha value is -3.19. The van der Waals surface area contributed by atoms with Crippen LogP contribution in [0.1, 0.15) is 5.69 Å². The molecule has 0 aliphatic heterocycles. The highest BCUT2D eigenvalue weighted by Gasteiger charge is 2.12. The van der Waals surface area contributed by atoms with E-state index >= 15 is 0 Å². The lowest BCUT2D eigenvalue weighted by Gasteiger charge is -1.98. The molecule has 1 aromatic carbocycles. The number of rotatable bonds is 2. The van der Waals surface area contributed by atoms with Crippen LogP contribution >= 0.6 is 11.3 Å². The second-order valence-corrected chi connectivity index (χ2v) is 6.01. The van der Waals surface area contributed by atoms with Gasteiger partial charge >= 0.3 is 5.56 Å². The molecule has 3 heterocycles. The van der Waals surface area contributed by atoms with E-state index in [1.807, 2.05) is 12.1 Å². The van der Waals surface area contributed by atoms with E-state index in [0.717, 1.165) is 11.3 Å². The molecule has 0 atom stereocenters. The van der Waals surface area contributed by atoms with Gasteiger partial charge in [-0.15, -0.1) is 0 Å². The Balaban J connectivity index is 1.96. The first kappa shape index (κ1) is 14.4. The summed E-state index contributed by atoms with van der Waals surface area (Å²) in [5.74, 6) is 0. The van der Waals surface area contributed by atoms with Crippen LogP contribution in [0.25, 0.3) is 22.3 Å². The van der Waals surface area contributed by atoms with Gasteiger partial charge in [0.1, 0.15) is 4.53 Å². The van der Waals surface area contributed by atoms with E-state index < -0.39 is 5.56 Å². The van der Waals surface area contributed by atoms with Crippen LogP contribution in [0.5, 0.6) is 0 Å². The van der Waals surface area contributed by atoms with Gasteiger partial charge in [0, 0.05) is 11.8 Å². The zero-order chi connectivity index (χ0) is 16.5. The molecule has 3 aromatic heterocycles. The molecule has 0 amide bonds. The van der Waals surface area contributed by atoms with Crippen LogP contribution in [-0.2, 0) is 0 Å². The summed E-state index contributed by atoms with van der Waals surface area (Å²) in [6, 6.07) is 14.4. The van der Waals surface area contributed by atoms with Crippen LogP contribution in [0.15, 0.2) is 64.3 Å². The molecule has 0 unspecified atom stereocenters. The van der Waals surface area contributed by atoms with Crippen molar-refractivity contribution in [3.8, 4) is 11.3 Å². The predicted molar refractivity (Wildman–Crippen MR) is 91.9 cm³/mol. The molecule has 0 fully saturated rings. The number of pyridine rings is 1. The molecule has 0 N–H and O–H groups in total. The van der Waals surface area contributed by atoms with Crippen LogP contribution in [-0.4, -0.2) is 19.6 Å². The van der Waals surface area contributed by atoms with Gasteiger partial charge in [0.2, 0.25) is 4.96 Å². The van der Waals surface area contributed by atoms with Crippen molar-refractivity contribution >= 4 is 22.4 Å². The number of aromatic nitrogens is 4. The fourth-order valence-corrected chi connectivity index (χ4v) is 3.17. The van der Waals surface area contributed by atoms with Gasteiger partial charge in [-0.25, -0.2) is 0 Å². The number of thiazole rings is 1. The van der Waals surface area contributed by atoms with E-state index in [1.165, 1.54) is 4.52 Å². The van der Waals surface area contributed by atoms with Crippen LogP contribution < -0.4 is 15.7 Å². The van der Waals surface area contributed by atoms with Gasteiger partial charge in [-0.2, -0.15) is 14.6 Å². The van der Waals surface area contributed by atoms with Crippen LogP contribution in [0.4, 0.5) is 0 Å². The Morgan fingerprint density at radius 3 is 2.54 bits per heavy atom. The first-order valence-electron chi connectivity index (χ1n) is 7.14. The Labute approximate surface area is 139 Å². The zero-order valence-corrected chi connectivity index (χ0v) is 13.1. The van der Waals surface area contributed by atoms with Crippen LogP contribution in [0.2, 0.25) is 0 Å². The van der Waals surface area contributed by atoms with E-state index in [1.54, 1.807) is 48.7 Å². The van der Waals surface area contributed by atoms with Gasteiger partial charge < -0.3 is 0 Å². The standard InChI is InChI=1S/C17H10N4O2S/c22-15-14(11-6-2-1-3-7-11)20-21-16(23)13(24-17(21)19-15)10-12-8-4-5-9-18-12/h1-10H/b13-10+. The molecule has 0 aliphatic rings. The number of hydrogen-bond acceptors (Lipinski definition) is 6. The summed E-state index contributed by atoms with van der Waals surface area (Å²) in [4.78, 5) is 33.2. The van der Waals surface area contributed by atoms with Gasteiger partial charge in [0.25, 0.3) is 5.56 Å². The van der Waals surface area contributed by atoms with E-state index in [9.17, 15) is 9.59 Å². The van der Waals surface area contributed by atoms with E-state index in [2.05, 4.69) is 15.1 Å². The number of hydrogen-bond donors (Lipinski definition) is 0. The summed E-state index contributed by atoms with van der Waals surface area (Å²) in [5.41, 5.74) is 0.683. The minimum absolute atomic E-state index is 0.160. The molecule has 4 aromatic rings. The first-order valence-corrected chi connectivity index (χ1v) is 7.96. The third kappa shape index (κ3) is 2.50. The van der Waals surface area contributed by atoms with Crippen LogP contribution in [0, 0.1) is 0 Å². The highest BCUT2D eigenvalue weighted by Crippen LogP contribution is 2.11. The smallest absolute Gasteiger partial charge is 0.266 e. The van der Waals surface area contributed by atoms with Crippen LogP contribution in [0.3, 0.4) is 0 Å². The highest BCUT2D eigenvalue weighted by molar-refractivity contribution is 7.15. The van der Waals surface area contributed by atoms with Gasteiger partial charge in [-0.1, -0.05) is 47.7 Å². The minimum atomic E-state index is -0.452. The maximum atomic E-state index is 12.5. The van der Waals surface area contributed by atoms with Crippen molar-refractivity contribution in [1.29, 1.82) is 0 Å². The zero-order valence-electron chi connectivity index (χ0n) is 12.3. The van der Waals surface area contributed by atoms with E-state index in [-0.39, 0.29) is 16.2 Å². The summed E-state index contributed by atoms with van der Waals surface area (Å²) in [7, 11) is 0. The molecule has 0 saturated carbocycles. The average molecular weight is 334 g/mol. The molecule has 4 rings (SSSR count). The quantitative estimate of drug-likeness (QED) is 0.549. The Kier molecular flexibility index (Phi) is 3.47. The van der Waals surface area contributed by atoms with Crippen molar-refractivity contribution in [2.45, 2.75) is 0 Å². The van der Waals surface area contributed by atoms with Crippen molar-refractivity contribution in [3.05, 3.63) is 85.7 Å². The maximum absolute atomic E-state index is 12.5. The molecule has 116 valence electrons. The van der Waals surface area contributed by atoms with Gasteiger partial charge in [-0.05, 0) is 18.2 Å². The van der Waals surface area contributed by atoms with Gasteiger partial charge in [0.15, 0.2) is 5.69 Å². The van der Waals surface area contributed by atoms with E-state index in [0.29, 0.717) is 15.8 Å². The first-order chi connectivity index (χ1) is 11.7. The molecule has 0 bridgehead atoms. The van der Waals surface area contributed by atoms with Gasteiger partial charge in [-0.3, -0.25) is 14.6 Å². The monoisotopic (exact) mass is 334 g/mol. The number of nitrogens with zero attached hydrogens (tertiary/aromatic N) is 4. The lowest BCUT2D eigenvalue weighted by molar-refractivity contribution is 0.873. The molecular weight excluding hydrogens is 324 g/mol. The average Bonchev–Trinajstić information content (AvgIpc) is 2.91. The van der Waals surface area contributed by atoms with Crippen molar-refractivity contribution in [2.24, 2.45) is 0 Å². The molecule has 0 aliphatic carbocycles. The largest absolute Gasteiger partial charge is 0.300 e. The Bertz CT molecular complexity index is 1180. The van der Waals surface area contributed by atoms with Crippen molar-refractivity contribution in [1.82, 2.24) is 19.6 Å². The SMILES string of the molecule is O=c1nc2s/c(=C/c3ccccn3)c(=O)n2nc1-c1ccccc1. The normalized spacial score (nSPS) is 11.9. The van der Waals surface area contributed by atoms with Crippen molar-refractivity contribution in [2.75, 3.05) is 0 Å². The summed E-state index contributed by atoms with van der Waals surface area (Å²) in [5, 5.41) is 4.21. The summed E-state index contributed by atoms with van der Waals surface area (Å²) >= 11 is 1.12. The maximum Gasteiger partial charge on any atom is 0.300 e. The third-order valence-electron chi connectivity index (χ3n) is 3.40. The summed E-state index contributed by atoms with van der Waals surface area (Å²) < 4.78 is 1.60. The predicted octanol–water partition coefficient (Wildman–Crippen LogP) is 1.12. The summed E-state index contributed by atoms with van der Waals surface area (Å²) in [6.45, 7) is 0. The lowest BCUT2D eigenvalue weighted by atomic mass is 10.2. The van der Waals surface area contributed by atoms with Gasteiger partial charge in [0.05, 0.1) is 5.69 Å².